The molecule has 1 atom stereocenters. The molecule has 1 fully saturated rings. The smallest absolute Gasteiger partial charge is 0.328 e. The summed E-state index contributed by atoms with van der Waals surface area (Å²) in [6.07, 6.45) is 0. The number of imide groups is 1. The Bertz CT molecular complexity index is 251. The number of carbonyl (C=O) groups is 3. The highest BCUT2D eigenvalue weighted by atomic mass is 16.4. The Labute approximate surface area is 67.1 Å². The summed E-state index contributed by atoms with van der Waals surface area (Å²) in [5.74, 6) is -1.19. The summed E-state index contributed by atoms with van der Waals surface area (Å²) in [5, 5.41) is 10.5. The van der Waals surface area contributed by atoms with E-state index in [1.807, 2.05) is 0 Å². The van der Waals surface area contributed by atoms with Crippen LogP contribution in [0.1, 0.15) is 0 Å². The lowest BCUT2D eigenvalue weighted by molar-refractivity contribution is -0.138. The number of nitrogens with two attached hydrogens (primary N) is 1. The zero-order chi connectivity index (χ0) is 9.30. The van der Waals surface area contributed by atoms with Crippen LogP contribution >= 0.6 is 0 Å². The van der Waals surface area contributed by atoms with E-state index in [1.54, 1.807) is 0 Å². The monoisotopic (exact) mass is 173 g/mol. The Kier molecular flexibility index (Phi) is 1.86. The zero-order valence-corrected chi connectivity index (χ0v) is 5.98. The van der Waals surface area contributed by atoms with Crippen molar-refractivity contribution in [2.24, 2.45) is 5.73 Å². The van der Waals surface area contributed by atoms with Gasteiger partial charge in [-0.15, -0.1) is 0 Å². The highest BCUT2D eigenvalue weighted by Gasteiger charge is 2.35. The third-order valence-corrected chi connectivity index (χ3v) is 1.47. The lowest BCUT2D eigenvalue weighted by atomic mass is 10.3. The number of rotatable bonds is 1. The molecule has 0 spiro atoms. The molecule has 0 aromatic heterocycles. The maximum absolute atomic E-state index is 10.8. The summed E-state index contributed by atoms with van der Waals surface area (Å²) >= 11 is 0. The molecule has 7 nitrogen and oxygen atoms in total. The predicted molar refractivity (Wildman–Crippen MR) is 36.2 cm³/mol. The molecule has 1 rings (SSSR count). The molecule has 1 aliphatic rings. The number of carboxylic acid groups (broad SMARTS) is 1. The molecule has 0 aromatic rings. The molecule has 4 N–H and O–H groups in total. The largest absolute Gasteiger partial charge is 0.480 e. The number of primary amides is 1. The fraction of sp³-hybridized carbons (Fsp3) is 0.400. The lowest BCUT2D eigenvalue weighted by Crippen LogP contribution is -2.38. The van der Waals surface area contributed by atoms with Crippen molar-refractivity contribution >= 4 is 18.0 Å². The van der Waals surface area contributed by atoms with Crippen molar-refractivity contribution in [1.82, 2.24) is 10.2 Å². The fourth-order valence-electron chi connectivity index (χ4n) is 0.868. The van der Waals surface area contributed by atoms with Crippen LogP contribution in [-0.4, -0.2) is 40.6 Å². The molecule has 0 aromatic carbocycles. The molecule has 4 amide bonds. The number of aliphatic carboxylic acids is 1. The van der Waals surface area contributed by atoms with Crippen molar-refractivity contribution in [2.75, 3.05) is 6.54 Å². The Morgan fingerprint density at radius 3 is 2.50 bits per heavy atom. The van der Waals surface area contributed by atoms with E-state index in [9.17, 15) is 14.4 Å². The summed E-state index contributed by atoms with van der Waals surface area (Å²) in [4.78, 5) is 32.2. The molecule has 7 heteroatoms. The van der Waals surface area contributed by atoms with E-state index in [0.29, 0.717) is 4.90 Å². The van der Waals surface area contributed by atoms with Crippen molar-refractivity contribution in [3.8, 4) is 0 Å². The van der Waals surface area contributed by atoms with Gasteiger partial charge in [-0.25, -0.2) is 19.3 Å². The first-order valence-electron chi connectivity index (χ1n) is 3.12. The van der Waals surface area contributed by atoms with Gasteiger partial charge in [0.05, 0.1) is 6.54 Å². The predicted octanol–water partition coefficient (Wildman–Crippen LogP) is -1.46. The van der Waals surface area contributed by atoms with Gasteiger partial charge in [-0.05, 0) is 0 Å². The summed E-state index contributed by atoms with van der Waals surface area (Å²) in [6.45, 7) is -0.219. The highest BCUT2D eigenvalue weighted by molar-refractivity contribution is 5.97. The van der Waals surface area contributed by atoms with E-state index in [-0.39, 0.29) is 6.54 Å². The second kappa shape index (κ2) is 2.68. The van der Waals surface area contributed by atoms with Crippen molar-refractivity contribution in [3.63, 3.8) is 0 Å². The van der Waals surface area contributed by atoms with E-state index in [2.05, 4.69) is 5.32 Å². The van der Waals surface area contributed by atoms with E-state index in [1.165, 1.54) is 0 Å². The molecule has 0 unspecified atom stereocenters. The molecular weight excluding hydrogens is 166 g/mol. The number of carbonyl (C=O) groups excluding carboxylic acids is 2. The average Bonchev–Trinajstić information content (AvgIpc) is 2.30. The highest BCUT2D eigenvalue weighted by Crippen LogP contribution is 2.02. The number of hydrogen-bond acceptors (Lipinski definition) is 3. The van der Waals surface area contributed by atoms with Crippen molar-refractivity contribution in [2.45, 2.75) is 6.04 Å². The van der Waals surface area contributed by atoms with Crippen LogP contribution in [0.5, 0.6) is 0 Å². The maximum Gasteiger partial charge on any atom is 0.328 e. The van der Waals surface area contributed by atoms with Gasteiger partial charge in [0, 0.05) is 0 Å². The Morgan fingerprint density at radius 2 is 2.25 bits per heavy atom. The first-order valence-corrected chi connectivity index (χ1v) is 3.12. The third kappa shape index (κ3) is 1.29. The van der Waals surface area contributed by atoms with Gasteiger partial charge in [0.2, 0.25) is 0 Å². The van der Waals surface area contributed by atoms with Gasteiger partial charge in [0.15, 0.2) is 0 Å². The van der Waals surface area contributed by atoms with Crippen molar-refractivity contribution in [1.29, 1.82) is 0 Å². The molecule has 0 bridgehead atoms. The Balaban J connectivity index is 2.68. The van der Waals surface area contributed by atoms with Crippen LogP contribution in [0.3, 0.4) is 0 Å². The molecule has 0 radical (unpaired) electrons. The second-order valence-corrected chi connectivity index (χ2v) is 2.29. The molecule has 1 aliphatic heterocycles. The molecule has 66 valence electrons. The molecule has 1 heterocycles. The maximum atomic E-state index is 10.8. The zero-order valence-electron chi connectivity index (χ0n) is 5.98. The van der Waals surface area contributed by atoms with Gasteiger partial charge in [0.25, 0.3) is 0 Å². The number of nitrogens with zero attached hydrogens (tertiary/aromatic N) is 1. The molecule has 0 saturated carbocycles. The number of urea groups is 2. The van der Waals surface area contributed by atoms with Crippen molar-refractivity contribution < 1.29 is 19.5 Å². The fourth-order valence-corrected chi connectivity index (χ4v) is 0.868. The number of hydrogen-bond donors (Lipinski definition) is 3. The molecule has 0 aliphatic carbocycles. The van der Waals surface area contributed by atoms with Gasteiger partial charge in [-0.3, -0.25) is 0 Å². The molecule has 1 saturated heterocycles. The Morgan fingerprint density at radius 1 is 1.67 bits per heavy atom. The van der Waals surface area contributed by atoms with E-state index in [0.717, 1.165) is 0 Å². The van der Waals surface area contributed by atoms with E-state index >= 15 is 0 Å². The first kappa shape index (κ1) is 8.31. The van der Waals surface area contributed by atoms with Gasteiger partial charge in [-0.1, -0.05) is 0 Å². The van der Waals surface area contributed by atoms with Crippen LogP contribution in [0, 0.1) is 0 Å². The molecular formula is C5H7N3O4. The SMILES string of the molecule is NC(=O)N1C[C@@H](C(=O)O)NC1=O. The minimum Gasteiger partial charge on any atom is -0.480 e. The number of amides is 4. The summed E-state index contributed by atoms with van der Waals surface area (Å²) in [6, 6.07) is -2.77. The van der Waals surface area contributed by atoms with Crippen LogP contribution in [0.15, 0.2) is 0 Å². The normalized spacial score (nSPS) is 22.2. The second-order valence-electron chi connectivity index (χ2n) is 2.29. The van der Waals surface area contributed by atoms with Crippen LogP contribution < -0.4 is 11.1 Å². The summed E-state index contributed by atoms with van der Waals surface area (Å²) in [7, 11) is 0. The summed E-state index contributed by atoms with van der Waals surface area (Å²) < 4.78 is 0. The average molecular weight is 173 g/mol. The number of carboxylic acids is 1. The van der Waals surface area contributed by atoms with Gasteiger partial charge in [-0.2, -0.15) is 0 Å². The Hall–Kier alpha value is -1.79. The van der Waals surface area contributed by atoms with Crippen LogP contribution in [0.2, 0.25) is 0 Å². The minimum absolute atomic E-state index is 0.219. The van der Waals surface area contributed by atoms with Gasteiger partial charge in [0.1, 0.15) is 6.04 Å². The standard InChI is InChI=1S/C5H7N3O4/c6-4(11)8-1-2(3(9)10)7-5(8)12/h2H,1H2,(H2,6,11)(H,7,12)(H,9,10)/t2-/m0/s1. The third-order valence-electron chi connectivity index (χ3n) is 1.47. The molecule has 12 heavy (non-hydrogen) atoms. The lowest BCUT2D eigenvalue weighted by Gasteiger charge is -2.06. The van der Waals surface area contributed by atoms with Gasteiger partial charge < -0.3 is 16.2 Å². The topological polar surface area (TPSA) is 113 Å². The first-order chi connectivity index (χ1) is 5.52. The van der Waals surface area contributed by atoms with Crippen LogP contribution in [0.25, 0.3) is 0 Å². The minimum atomic E-state index is -1.19. The van der Waals surface area contributed by atoms with E-state index in [4.69, 9.17) is 10.8 Å². The van der Waals surface area contributed by atoms with Crippen LogP contribution in [-0.2, 0) is 4.79 Å². The van der Waals surface area contributed by atoms with E-state index < -0.39 is 24.1 Å². The number of nitrogens with one attached hydrogen (secondary N) is 1. The van der Waals surface area contributed by atoms with Crippen molar-refractivity contribution in [3.05, 3.63) is 0 Å². The quantitative estimate of drug-likeness (QED) is 0.449. The summed E-state index contributed by atoms with van der Waals surface area (Å²) in [5.41, 5.74) is 4.78. The van der Waals surface area contributed by atoms with Crippen LogP contribution in [0.4, 0.5) is 9.59 Å². The van der Waals surface area contributed by atoms with Gasteiger partial charge >= 0.3 is 18.0 Å².